The van der Waals surface area contributed by atoms with E-state index in [9.17, 15) is 4.79 Å². The number of nitrogens with zero attached hydrogens (tertiary/aromatic N) is 1. The monoisotopic (exact) mass is 206 g/mol. The lowest BCUT2D eigenvalue weighted by atomic mass is 10.2. The molecular formula is C10H10N2O3. The normalized spacial score (nSPS) is 10.5. The Morgan fingerprint density at radius 3 is 3.20 bits per heavy atom. The van der Waals surface area contributed by atoms with Gasteiger partial charge in [-0.2, -0.15) is 0 Å². The van der Waals surface area contributed by atoms with E-state index in [4.69, 9.17) is 9.84 Å². The molecule has 0 aliphatic carbocycles. The topological polar surface area (TPSA) is 75.2 Å². The van der Waals surface area contributed by atoms with Crippen molar-refractivity contribution in [1.29, 1.82) is 0 Å². The molecule has 5 nitrogen and oxygen atoms in total. The molecule has 0 amide bonds. The average Bonchev–Trinajstić information content (AvgIpc) is 2.72. The largest absolute Gasteiger partial charge is 0.460 e. The maximum absolute atomic E-state index is 11.4. The number of esters is 1. The second-order valence-corrected chi connectivity index (χ2v) is 2.99. The Balaban J connectivity index is 2.23. The minimum absolute atomic E-state index is 0.0137. The lowest BCUT2D eigenvalue weighted by molar-refractivity contribution is 0.0434. The van der Waals surface area contributed by atoms with Crippen molar-refractivity contribution in [3.05, 3.63) is 30.1 Å². The molecule has 78 valence electrons. The lowest BCUT2D eigenvalue weighted by Gasteiger charge is -2.01. The Morgan fingerprint density at radius 2 is 2.40 bits per heavy atom. The van der Waals surface area contributed by atoms with E-state index in [1.807, 2.05) is 0 Å². The number of hydrogen-bond acceptors (Lipinski definition) is 4. The summed E-state index contributed by atoms with van der Waals surface area (Å²) < 4.78 is 4.78. The van der Waals surface area contributed by atoms with Crippen LogP contribution in [0.2, 0.25) is 0 Å². The van der Waals surface area contributed by atoms with Crippen LogP contribution in [0.3, 0.4) is 0 Å². The number of H-pyrrole nitrogens is 1. The summed E-state index contributed by atoms with van der Waals surface area (Å²) in [6.07, 6.45) is 1.56. The molecule has 0 radical (unpaired) electrons. The number of aliphatic hydroxyl groups excluding tert-OH is 1. The van der Waals surface area contributed by atoms with E-state index in [-0.39, 0.29) is 13.2 Å². The second-order valence-electron chi connectivity index (χ2n) is 2.99. The van der Waals surface area contributed by atoms with E-state index < -0.39 is 5.97 Å². The summed E-state index contributed by atoms with van der Waals surface area (Å²) in [6.45, 7) is -0.155. The number of carbonyl (C=O) groups excluding carboxylic acids is 1. The lowest BCUT2D eigenvalue weighted by Crippen LogP contribution is -2.08. The van der Waals surface area contributed by atoms with Crippen molar-refractivity contribution in [3.63, 3.8) is 0 Å². The van der Waals surface area contributed by atoms with E-state index in [0.29, 0.717) is 5.56 Å². The number of aromatic amines is 1. The van der Waals surface area contributed by atoms with Crippen LogP contribution in [0.5, 0.6) is 0 Å². The average molecular weight is 206 g/mol. The Hall–Kier alpha value is -1.88. The molecule has 2 rings (SSSR count). The summed E-state index contributed by atoms with van der Waals surface area (Å²) in [4.78, 5) is 18.3. The summed E-state index contributed by atoms with van der Waals surface area (Å²) in [5.74, 6) is -0.444. The SMILES string of the molecule is O=C(OCCO)c1ccc2nc[nH]c2c1. The molecule has 0 atom stereocenters. The molecule has 15 heavy (non-hydrogen) atoms. The molecule has 0 unspecified atom stereocenters. The first-order valence-corrected chi connectivity index (χ1v) is 4.52. The van der Waals surface area contributed by atoms with Crippen LogP contribution in [0, 0.1) is 0 Å². The highest BCUT2D eigenvalue weighted by Gasteiger charge is 2.07. The van der Waals surface area contributed by atoms with Gasteiger partial charge >= 0.3 is 5.97 Å². The van der Waals surface area contributed by atoms with Crippen molar-refractivity contribution in [3.8, 4) is 0 Å². The number of ether oxygens (including phenoxy) is 1. The van der Waals surface area contributed by atoms with Crippen LogP contribution in [0.4, 0.5) is 0 Å². The van der Waals surface area contributed by atoms with E-state index in [1.165, 1.54) is 0 Å². The molecule has 1 aromatic carbocycles. The van der Waals surface area contributed by atoms with Crippen LogP contribution in [-0.4, -0.2) is 34.3 Å². The molecule has 0 aliphatic heterocycles. The second kappa shape index (κ2) is 4.10. The van der Waals surface area contributed by atoms with Gasteiger partial charge in [0, 0.05) is 0 Å². The van der Waals surface area contributed by atoms with Crippen molar-refractivity contribution in [2.24, 2.45) is 0 Å². The molecule has 0 saturated carbocycles. The highest BCUT2D eigenvalue weighted by molar-refractivity contribution is 5.93. The van der Waals surface area contributed by atoms with Gasteiger partial charge in [-0.05, 0) is 18.2 Å². The fourth-order valence-electron chi connectivity index (χ4n) is 1.28. The maximum Gasteiger partial charge on any atom is 0.338 e. The van der Waals surface area contributed by atoms with Crippen molar-refractivity contribution >= 4 is 17.0 Å². The predicted molar refractivity (Wildman–Crippen MR) is 53.5 cm³/mol. The third kappa shape index (κ3) is 1.97. The van der Waals surface area contributed by atoms with Crippen molar-refractivity contribution in [2.45, 2.75) is 0 Å². The molecular weight excluding hydrogens is 196 g/mol. The quantitative estimate of drug-likeness (QED) is 0.725. The van der Waals surface area contributed by atoms with E-state index in [2.05, 4.69) is 9.97 Å². The van der Waals surface area contributed by atoms with Crippen LogP contribution < -0.4 is 0 Å². The number of rotatable bonds is 3. The zero-order valence-corrected chi connectivity index (χ0v) is 7.93. The summed E-state index contributed by atoms with van der Waals surface area (Å²) in [7, 11) is 0. The third-order valence-electron chi connectivity index (χ3n) is 1.98. The molecule has 0 bridgehead atoms. The predicted octanol–water partition coefficient (Wildman–Crippen LogP) is 0.712. The number of aliphatic hydroxyl groups is 1. The molecule has 0 aliphatic rings. The summed E-state index contributed by atoms with van der Waals surface area (Å²) in [5.41, 5.74) is 2.03. The van der Waals surface area contributed by atoms with Crippen molar-refractivity contribution in [2.75, 3.05) is 13.2 Å². The molecule has 1 heterocycles. The molecule has 5 heteroatoms. The fraction of sp³-hybridized carbons (Fsp3) is 0.200. The standard InChI is InChI=1S/C10H10N2O3/c13-3-4-15-10(14)7-1-2-8-9(5-7)12-6-11-8/h1-2,5-6,13H,3-4H2,(H,11,12). The molecule has 0 spiro atoms. The number of aromatic nitrogens is 2. The van der Waals surface area contributed by atoms with Gasteiger partial charge in [0.1, 0.15) is 6.61 Å². The maximum atomic E-state index is 11.4. The fourth-order valence-corrected chi connectivity index (χ4v) is 1.28. The van der Waals surface area contributed by atoms with Gasteiger partial charge in [-0.15, -0.1) is 0 Å². The highest BCUT2D eigenvalue weighted by Crippen LogP contribution is 2.12. The Morgan fingerprint density at radius 1 is 1.53 bits per heavy atom. The van der Waals surface area contributed by atoms with Crippen LogP contribution >= 0.6 is 0 Å². The third-order valence-corrected chi connectivity index (χ3v) is 1.98. The molecule has 2 N–H and O–H groups in total. The van der Waals surface area contributed by atoms with E-state index >= 15 is 0 Å². The number of carbonyl (C=O) groups is 1. The molecule has 2 aromatic rings. The van der Waals surface area contributed by atoms with Crippen molar-refractivity contribution < 1.29 is 14.6 Å². The summed E-state index contributed by atoms with van der Waals surface area (Å²) in [6, 6.07) is 5.05. The molecule has 0 saturated heterocycles. The first-order valence-electron chi connectivity index (χ1n) is 4.52. The van der Waals surface area contributed by atoms with Crippen LogP contribution in [0.1, 0.15) is 10.4 Å². The van der Waals surface area contributed by atoms with Crippen LogP contribution in [0.15, 0.2) is 24.5 Å². The Kier molecular flexibility index (Phi) is 2.64. The Bertz CT molecular complexity index is 478. The first-order chi connectivity index (χ1) is 7.31. The first kappa shape index (κ1) is 9.67. The number of imidazole rings is 1. The van der Waals surface area contributed by atoms with Gasteiger partial charge in [-0.1, -0.05) is 0 Å². The van der Waals surface area contributed by atoms with Crippen molar-refractivity contribution in [1.82, 2.24) is 9.97 Å². The molecule has 1 aromatic heterocycles. The van der Waals surface area contributed by atoms with Gasteiger partial charge in [0.2, 0.25) is 0 Å². The van der Waals surface area contributed by atoms with Crippen LogP contribution in [0.25, 0.3) is 11.0 Å². The van der Waals surface area contributed by atoms with Gasteiger partial charge in [-0.3, -0.25) is 0 Å². The zero-order chi connectivity index (χ0) is 10.7. The van der Waals surface area contributed by atoms with Crippen LogP contribution in [-0.2, 0) is 4.74 Å². The number of nitrogens with one attached hydrogen (secondary N) is 1. The van der Waals surface area contributed by atoms with Gasteiger partial charge in [0.05, 0.1) is 29.5 Å². The highest BCUT2D eigenvalue weighted by atomic mass is 16.5. The zero-order valence-electron chi connectivity index (χ0n) is 7.93. The summed E-state index contributed by atoms with van der Waals surface area (Å²) in [5, 5.41) is 8.51. The Labute approximate surface area is 85.7 Å². The number of hydrogen-bond donors (Lipinski definition) is 2. The minimum Gasteiger partial charge on any atom is -0.460 e. The number of fused-ring (bicyclic) bond motifs is 1. The molecule has 0 fully saturated rings. The minimum atomic E-state index is -0.444. The summed E-state index contributed by atoms with van der Waals surface area (Å²) >= 11 is 0. The van der Waals surface area contributed by atoms with E-state index in [0.717, 1.165) is 11.0 Å². The van der Waals surface area contributed by atoms with Gasteiger partial charge in [0.25, 0.3) is 0 Å². The number of benzene rings is 1. The van der Waals surface area contributed by atoms with Gasteiger partial charge in [-0.25, -0.2) is 9.78 Å². The van der Waals surface area contributed by atoms with Gasteiger partial charge < -0.3 is 14.8 Å². The smallest absolute Gasteiger partial charge is 0.338 e. The van der Waals surface area contributed by atoms with E-state index in [1.54, 1.807) is 24.5 Å². The van der Waals surface area contributed by atoms with Gasteiger partial charge in [0.15, 0.2) is 0 Å².